The fourth-order valence-electron chi connectivity index (χ4n) is 3.17. The van der Waals surface area contributed by atoms with Crippen LogP contribution in [0.25, 0.3) is 0 Å². The number of methoxy groups -OCH3 is 2. The van der Waals surface area contributed by atoms with Gasteiger partial charge in [-0.25, -0.2) is 9.59 Å². The highest BCUT2D eigenvalue weighted by Gasteiger charge is 2.37. The van der Waals surface area contributed by atoms with Crippen molar-refractivity contribution in [1.29, 1.82) is 0 Å². The van der Waals surface area contributed by atoms with Crippen LogP contribution in [0.5, 0.6) is 0 Å². The quantitative estimate of drug-likeness (QED) is 0.211. The van der Waals surface area contributed by atoms with Gasteiger partial charge in [0.2, 0.25) is 5.91 Å². The van der Waals surface area contributed by atoms with E-state index in [9.17, 15) is 19.5 Å². The smallest absolute Gasteiger partial charge is 0.408 e. The molecule has 0 saturated carbocycles. The normalized spacial score (nSPS) is 13.6. The topological polar surface area (TPSA) is 132 Å². The first-order valence-electron chi connectivity index (χ1n) is 12.5. The number of rotatable bonds is 16. The van der Waals surface area contributed by atoms with Crippen LogP contribution in [0.3, 0.4) is 0 Å². The molecule has 1 aromatic carbocycles. The minimum absolute atomic E-state index is 0.0243. The summed E-state index contributed by atoms with van der Waals surface area (Å²) in [6.45, 7) is 10.8. The standard InChI is InChI=1S/C26H44N2O8Si/c1-26(2,3)37(6,7)36-17-16-20(28-25(32)35-18-19-12-9-8-10-13-19)23(29)27-21(24(30)31)14-11-15-22(33-4)34-5/h8-10,12-13,20-22H,11,14-18H2,1-7H3,(H,27,29)(H,28,32)(H,30,31). The number of carbonyl (C=O) groups is 3. The van der Waals surface area contributed by atoms with E-state index in [1.54, 1.807) is 0 Å². The number of hydrogen-bond donors (Lipinski definition) is 3. The highest BCUT2D eigenvalue weighted by atomic mass is 28.4. The van der Waals surface area contributed by atoms with Gasteiger partial charge in [-0.2, -0.15) is 0 Å². The van der Waals surface area contributed by atoms with Gasteiger partial charge in [0.1, 0.15) is 18.7 Å². The average Bonchev–Trinajstić information content (AvgIpc) is 2.83. The average molecular weight is 541 g/mol. The molecule has 0 fully saturated rings. The van der Waals surface area contributed by atoms with Gasteiger partial charge in [0.25, 0.3) is 0 Å². The minimum atomic E-state index is -2.08. The molecule has 210 valence electrons. The van der Waals surface area contributed by atoms with Gasteiger partial charge in [0, 0.05) is 20.8 Å². The molecule has 2 amide bonds. The van der Waals surface area contributed by atoms with Crippen molar-refractivity contribution in [3.63, 3.8) is 0 Å². The Balaban J connectivity index is 2.84. The van der Waals surface area contributed by atoms with E-state index in [4.69, 9.17) is 18.6 Å². The summed E-state index contributed by atoms with van der Waals surface area (Å²) >= 11 is 0. The second-order valence-corrected chi connectivity index (χ2v) is 15.2. The van der Waals surface area contributed by atoms with E-state index in [1.165, 1.54) is 14.2 Å². The molecule has 0 radical (unpaired) electrons. The van der Waals surface area contributed by atoms with Crippen molar-refractivity contribution >= 4 is 26.3 Å². The number of carboxylic acid groups (broad SMARTS) is 1. The molecule has 3 N–H and O–H groups in total. The van der Waals surface area contributed by atoms with E-state index < -0.39 is 44.7 Å². The monoisotopic (exact) mass is 540 g/mol. The third-order valence-electron chi connectivity index (χ3n) is 6.57. The van der Waals surface area contributed by atoms with E-state index in [2.05, 4.69) is 44.5 Å². The first-order chi connectivity index (χ1) is 17.3. The highest BCUT2D eigenvalue weighted by Crippen LogP contribution is 2.36. The van der Waals surface area contributed by atoms with Crippen LogP contribution in [0.1, 0.15) is 52.0 Å². The van der Waals surface area contributed by atoms with Gasteiger partial charge >= 0.3 is 12.1 Å². The number of alkyl carbamates (subject to hydrolysis) is 1. The van der Waals surface area contributed by atoms with E-state index in [0.717, 1.165) is 5.56 Å². The van der Waals surface area contributed by atoms with Gasteiger partial charge in [0.15, 0.2) is 14.6 Å². The summed E-state index contributed by atoms with van der Waals surface area (Å²) in [4.78, 5) is 37.4. The van der Waals surface area contributed by atoms with Crippen LogP contribution < -0.4 is 10.6 Å². The Morgan fingerprint density at radius 3 is 2.11 bits per heavy atom. The van der Waals surface area contributed by atoms with Crippen molar-refractivity contribution in [2.45, 2.75) is 89.6 Å². The number of carboxylic acids is 1. The predicted octanol–water partition coefficient (Wildman–Crippen LogP) is 4.05. The lowest BCUT2D eigenvalue weighted by molar-refractivity contribution is -0.142. The number of nitrogens with one attached hydrogen (secondary N) is 2. The van der Waals surface area contributed by atoms with Gasteiger partial charge < -0.3 is 34.4 Å². The molecule has 0 bridgehead atoms. The fraction of sp³-hybridized carbons (Fsp3) is 0.654. The number of benzene rings is 1. The van der Waals surface area contributed by atoms with Gasteiger partial charge in [-0.3, -0.25) is 4.79 Å². The first kappa shape index (κ1) is 32.6. The fourth-order valence-corrected chi connectivity index (χ4v) is 4.24. The summed E-state index contributed by atoms with van der Waals surface area (Å²) in [5.74, 6) is -1.78. The van der Waals surface area contributed by atoms with Crippen LogP contribution >= 0.6 is 0 Å². The first-order valence-corrected chi connectivity index (χ1v) is 15.4. The molecule has 11 heteroatoms. The molecule has 0 aliphatic heterocycles. The molecule has 0 heterocycles. The van der Waals surface area contributed by atoms with Crippen LogP contribution in [0.15, 0.2) is 30.3 Å². The van der Waals surface area contributed by atoms with Crippen LogP contribution in [0.4, 0.5) is 4.79 Å². The number of aliphatic carboxylic acids is 1. The third-order valence-corrected chi connectivity index (χ3v) is 11.1. The van der Waals surface area contributed by atoms with Crippen LogP contribution in [0.2, 0.25) is 18.1 Å². The van der Waals surface area contributed by atoms with E-state index >= 15 is 0 Å². The zero-order valence-corrected chi connectivity index (χ0v) is 24.2. The van der Waals surface area contributed by atoms with Gasteiger partial charge in [-0.1, -0.05) is 51.1 Å². The van der Waals surface area contributed by atoms with Crippen LogP contribution in [0, 0.1) is 0 Å². The molecule has 0 saturated heterocycles. The van der Waals surface area contributed by atoms with Crippen LogP contribution in [-0.2, 0) is 34.8 Å². The van der Waals surface area contributed by atoms with Gasteiger partial charge in [-0.05, 0) is 49.4 Å². The molecule has 10 nitrogen and oxygen atoms in total. The Kier molecular flexibility index (Phi) is 13.8. The summed E-state index contributed by atoms with van der Waals surface area (Å²) in [5, 5.41) is 14.7. The second kappa shape index (κ2) is 15.7. The van der Waals surface area contributed by atoms with Crippen molar-refractivity contribution < 1.29 is 38.1 Å². The third kappa shape index (κ3) is 12.1. The Labute approximate surface area is 221 Å². The van der Waals surface area contributed by atoms with E-state index in [0.29, 0.717) is 12.8 Å². The molecule has 1 aromatic rings. The van der Waals surface area contributed by atoms with Gasteiger partial charge in [0.05, 0.1) is 0 Å². The molecule has 1 rings (SSSR count). The van der Waals surface area contributed by atoms with Crippen molar-refractivity contribution in [3.05, 3.63) is 35.9 Å². The summed E-state index contributed by atoms with van der Waals surface area (Å²) in [6, 6.07) is 7.00. The molecule has 2 unspecified atom stereocenters. The zero-order valence-electron chi connectivity index (χ0n) is 23.2. The number of carbonyl (C=O) groups excluding carboxylic acids is 2. The molecule has 0 aliphatic rings. The second-order valence-electron chi connectivity index (χ2n) is 10.4. The molecule has 2 atom stereocenters. The lowest BCUT2D eigenvalue weighted by Gasteiger charge is -2.36. The molecule has 0 aliphatic carbocycles. The maximum atomic E-state index is 13.1. The van der Waals surface area contributed by atoms with Crippen LogP contribution in [-0.4, -0.2) is 70.6 Å². The van der Waals surface area contributed by atoms with E-state index in [-0.39, 0.29) is 31.1 Å². The largest absolute Gasteiger partial charge is 0.480 e. The van der Waals surface area contributed by atoms with Crippen molar-refractivity contribution in [2.75, 3.05) is 20.8 Å². The Hall–Kier alpha value is -2.47. The minimum Gasteiger partial charge on any atom is -0.480 e. The number of hydrogen-bond acceptors (Lipinski definition) is 7. The summed E-state index contributed by atoms with van der Waals surface area (Å²) in [6.07, 6.45) is 0.0457. The van der Waals surface area contributed by atoms with Crippen molar-refractivity contribution in [2.24, 2.45) is 0 Å². The number of amides is 2. The highest BCUT2D eigenvalue weighted by molar-refractivity contribution is 6.74. The summed E-state index contributed by atoms with van der Waals surface area (Å²) in [7, 11) is 0.922. The maximum Gasteiger partial charge on any atom is 0.408 e. The lowest BCUT2D eigenvalue weighted by atomic mass is 10.1. The Morgan fingerprint density at radius 1 is 0.946 bits per heavy atom. The molecular formula is C26H44N2O8Si. The van der Waals surface area contributed by atoms with E-state index in [1.807, 2.05) is 30.3 Å². The van der Waals surface area contributed by atoms with Gasteiger partial charge in [-0.15, -0.1) is 0 Å². The zero-order chi connectivity index (χ0) is 28.1. The Bertz CT molecular complexity index is 841. The molecule has 0 aromatic heterocycles. The molecular weight excluding hydrogens is 496 g/mol. The SMILES string of the molecule is COC(CCCC(NC(=O)C(CCO[Si](C)(C)C(C)(C)C)NC(=O)OCc1ccccc1)C(=O)O)OC. The summed E-state index contributed by atoms with van der Waals surface area (Å²) < 4.78 is 21.7. The predicted molar refractivity (Wildman–Crippen MR) is 143 cm³/mol. The lowest BCUT2D eigenvalue weighted by Crippen LogP contribution is -2.52. The molecule has 37 heavy (non-hydrogen) atoms. The molecule has 0 spiro atoms. The van der Waals surface area contributed by atoms with Crippen molar-refractivity contribution in [3.8, 4) is 0 Å². The number of ether oxygens (including phenoxy) is 3. The summed E-state index contributed by atoms with van der Waals surface area (Å²) in [5.41, 5.74) is 0.802. The Morgan fingerprint density at radius 2 is 1.57 bits per heavy atom. The maximum absolute atomic E-state index is 13.1. The van der Waals surface area contributed by atoms with Crippen molar-refractivity contribution in [1.82, 2.24) is 10.6 Å².